The lowest BCUT2D eigenvalue weighted by Crippen LogP contribution is -2.16. The van der Waals surface area contributed by atoms with Crippen LogP contribution in [0.3, 0.4) is 0 Å². The van der Waals surface area contributed by atoms with Gasteiger partial charge in [0.25, 0.3) is 0 Å². The molecule has 1 rings (SSSR count). The highest BCUT2D eigenvalue weighted by molar-refractivity contribution is 5.79. The van der Waals surface area contributed by atoms with E-state index in [1.807, 2.05) is 13.8 Å². The van der Waals surface area contributed by atoms with Crippen molar-refractivity contribution in [2.24, 2.45) is 5.92 Å². The zero-order valence-electron chi connectivity index (χ0n) is 12.4. The molecule has 0 aliphatic carbocycles. The fourth-order valence-electron chi connectivity index (χ4n) is 1.71. The number of esters is 2. The van der Waals surface area contributed by atoms with Crippen LogP contribution in [0.5, 0.6) is 5.75 Å². The molecule has 0 atom stereocenters. The Morgan fingerprint density at radius 3 is 2.33 bits per heavy atom. The molecule has 0 spiro atoms. The number of hydrogen-bond donors (Lipinski definition) is 0. The number of para-hydroxylation sites is 1. The molecule has 0 saturated carbocycles. The van der Waals surface area contributed by atoms with E-state index in [0.29, 0.717) is 12.5 Å². The Bertz CT molecular complexity index is 469. The molecule has 0 aliphatic rings. The number of hydrogen-bond acceptors (Lipinski definition) is 4. The van der Waals surface area contributed by atoms with Crippen molar-refractivity contribution in [3.63, 3.8) is 0 Å². The smallest absolute Gasteiger partial charge is 0.311 e. The van der Waals surface area contributed by atoms with Gasteiger partial charge in [-0.2, -0.15) is 0 Å². The second kappa shape index (κ2) is 9.10. The lowest BCUT2D eigenvalue weighted by molar-refractivity contribution is -0.148. The van der Waals surface area contributed by atoms with Gasteiger partial charge in [0.05, 0.1) is 19.4 Å². The maximum Gasteiger partial charge on any atom is 0.311 e. The van der Waals surface area contributed by atoms with Crippen molar-refractivity contribution in [1.29, 1.82) is 0 Å². The van der Waals surface area contributed by atoms with E-state index in [9.17, 15) is 14.0 Å². The minimum Gasteiger partial charge on any atom is -0.465 e. The van der Waals surface area contributed by atoms with Crippen molar-refractivity contribution in [2.45, 2.75) is 39.5 Å². The molecule has 0 N–H and O–H groups in total. The van der Waals surface area contributed by atoms with Crippen LogP contribution in [0.25, 0.3) is 0 Å². The average molecular weight is 296 g/mol. The van der Waals surface area contributed by atoms with Crippen LogP contribution in [0.4, 0.5) is 4.39 Å². The van der Waals surface area contributed by atoms with E-state index >= 15 is 0 Å². The molecular formula is C16H21FO4. The van der Waals surface area contributed by atoms with Crippen LogP contribution >= 0.6 is 0 Å². The van der Waals surface area contributed by atoms with Crippen LogP contribution in [0.15, 0.2) is 24.3 Å². The van der Waals surface area contributed by atoms with E-state index in [-0.39, 0.29) is 18.6 Å². The van der Waals surface area contributed by atoms with Crippen LogP contribution in [0.1, 0.15) is 39.5 Å². The quantitative estimate of drug-likeness (QED) is 0.544. The Morgan fingerprint density at radius 2 is 1.71 bits per heavy atom. The van der Waals surface area contributed by atoms with E-state index < -0.39 is 17.8 Å². The lowest BCUT2D eigenvalue weighted by Gasteiger charge is -2.12. The van der Waals surface area contributed by atoms with Crippen LogP contribution in [0, 0.1) is 11.7 Å². The van der Waals surface area contributed by atoms with Crippen LogP contribution in [-0.4, -0.2) is 18.5 Å². The highest BCUT2D eigenvalue weighted by atomic mass is 19.1. The van der Waals surface area contributed by atoms with Gasteiger partial charge in [-0.3, -0.25) is 9.59 Å². The van der Waals surface area contributed by atoms with Crippen molar-refractivity contribution in [2.75, 3.05) is 6.61 Å². The van der Waals surface area contributed by atoms with Gasteiger partial charge in [-0.05, 0) is 18.1 Å². The molecule has 0 aromatic heterocycles. The molecule has 0 aliphatic heterocycles. The first-order valence-corrected chi connectivity index (χ1v) is 7.17. The minimum atomic E-state index is -0.653. The van der Waals surface area contributed by atoms with Crippen LogP contribution in [0.2, 0.25) is 0 Å². The lowest BCUT2D eigenvalue weighted by atomic mass is 10.1. The zero-order valence-corrected chi connectivity index (χ0v) is 12.4. The molecule has 1 aromatic rings. The SMILES string of the molecule is CCC(CC)COC(=O)CCC(=O)Oc1ccccc1F. The normalized spacial score (nSPS) is 10.5. The molecule has 1 aromatic carbocycles. The second-order valence-electron chi connectivity index (χ2n) is 4.77. The second-order valence-corrected chi connectivity index (χ2v) is 4.77. The molecule has 0 saturated heterocycles. The first kappa shape index (κ1) is 17.1. The van der Waals surface area contributed by atoms with Crippen LogP contribution < -0.4 is 4.74 Å². The van der Waals surface area contributed by atoms with E-state index in [1.54, 1.807) is 6.07 Å². The number of benzene rings is 1. The summed E-state index contributed by atoms with van der Waals surface area (Å²) < 4.78 is 23.2. The topological polar surface area (TPSA) is 52.6 Å². The molecule has 0 amide bonds. The molecular weight excluding hydrogens is 275 g/mol. The Hall–Kier alpha value is -1.91. The summed E-state index contributed by atoms with van der Waals surface area (Å²) in [5, 5.41) is 0. The minimum absolute atomic E-state index is 0.0621. The number of ether oxygens (including phenoxy) is 2. The maximum absolute atomic E-state index is 13.3. The van der Waals surface area contributed by atoms with E-state index in [2.05, 4.69) is 0 Å². The van der Waals surface area contributed by atoms with Gasteiger partial charge in [0.2, 0.25) is 0 Å². The molecule has 0 bridgehead atoms. The fourth-order valence-corrected chi connectivity index (χ4v) is 1.71. The molecule has 21 heavy (non-hydrogen) atoms. The number of halogens is 1. The predicted molar refractivity (Wildman–Crippen MR) is 76.3 cm³/mol. The zero-order chi connectivity index (χ0) is 15.7. The van der Waals surface area contributed by atoms with Gasteiger partial charge in [-0.1, -0.05) is 38.8 Å². The van der Waals surface area contributed by atoms with Gasteiger partial charge in [0.15, 0.2) is 11.6 Å². The molecule has 0 fully saturated rings. The van der Waals surface area contributed by atoms with Crippen LogP contribution in [-0.2, 0) is 14.3 Å². The molecule has 0 heterocycles. The highest BCUT2D eigenvalue weighted by Gasteiger charge is 2.13. The summed E-state index contributed by atoms with van der Waals surface area (Å²) in [6.45, 7) is 4.44. The summed E-state index contributed by atoms with van der Waals surface area (Å²) in [6, 6.07) is 5.63. The molecule has 0 radical (unpaired) electrons. The molecule has 0 unspecified atom stereocenters. The maximum atomic E-state index is 13.3. The van der Waals surface area contributed by atoms with Crippen molar-refractivity contribution in [3.05, 3.63) is 30.1 Å². The van der Waals surface area contributed by atoms with Gasteiger partial charge >= 0.3 is 11.9 Å². The third-order valence-corrected chi connectivity index (χ3v) is 3.23. The predicted octanol–water partition coefficient (Wildman–Crippen LogP) is 3.49. The molecule has 116 valence electrons. The Kier molecular flexibility index (Phi) is 7.43. The summed E-state index contributed by atoms with van der Waals surface area (Å²) in [5.74, 6) is -1.48. The summed E-state index contributed by atoms with van der Waals surface area (Å²) in [7, 11) is 0. The van der Waals surface area contributed by atoms with E-state index in [1.165, 1.54) is 18.2 Å². The van der Waals surface area contributed by atoms with E-state index in [0.717, 1.165) is 12.8 Å². The largest absolute Gasteiger partial charge is 0.465 e. The monoisotopic (exact) mass is 296 g/mol. The van der Waals surface area contributed by atoms with Crippen molar-refractivity contribution in [1.82, 2.24) is 0 Å². The average Bonchev–Trinajstić information content (AvgIpc) is 2.48. The molecule has 5 heteroatoms. The summed E-state index contributed by atoms with van der Waals surface area (Å²) in [5.41, 5.74) is 0. The molecule has 4 nitrogen and oxygen atoms in total. The Labute approximate surface area is 124 Å². The van der Waals surface area contributed by atoms with Gasteiger partial charge in [-0.15, -0.1) is 0 Å². The Morgan fingerprint density at radius 1 is 1.10 bits per heavy atom. The summed E-state index contributed by atoms with van der Waals surface area (Å²) in [6.07, 6.45) is 1.70. The highest BCUT2D eigenvalue weighted by Crippen LogP contribution is 2.16. The first-order valence-electron chi connectivity index (χ1n) is 7.17. The first-order chi connectivity index (χ1) is 10.1. The standard InChI is InChI=1S/C16H21FO4/c1-3-12(4-2)11-20-15(18)9-10-16(19)21-14-8-6-5-7-13(14)17/h5-8,12H,3-4,9-11H2,1-2H3. The number of carbonyl (C=O) groups excluding carboxylic acids is 2. The Balaban J connectivity index is 2.30. The van der Waals surface area contributed by atoms with Gasteiger partial charge < -0.3 is 9.47 Å². The van der Waals surface area contributed by atoms with Gasteiger partial charge in [-0.25, -0.2) is 4.39 Å². The summed E-state index contributed by atoms with van der Waals surface area (Å²) >= 11 is 0. The van der Waals surface area contributed by atoms with E-state index in [4.69, 9.17) is 9.47 Å². The number of carbonyl (C=O) groups is 2. The van der Waals surface area contributed by atoms with Gasteiger partial charge in [0.1, 0.15) is 0 Å². The third kappa shape index (κ3) is 6.38. The fraction of sp³-hybridized carbons (Fsp3) is 0.500. The summed E-state index contributed by atoms with van der Waals surface area (Å²) in [4.78, 5) is 23.0. The van der Waals surface area contributed by atoms with Gasteiger partial charge in [0, 0.05) is 0 Å². The number of rotatable bonds is 8. The van der Waals surface area contributed by atoms with Crippen molar-refractivity contribution >= 4 is 11.9 Å². The van der Waals surface area contributed by atoms with Crippen molar-refractivity contribution < 1.29 is 23.5 Å². The third-order valence-electron chi connectivity index (χ3n) is 3.23. The van der Waals surface area contributed by atoms with Crippen molar-refractivity contribution in [3.8, 4) is 5.75 Å².